The molecule has 0 saturated heterocycles. The van der Waals surface area contributed by atoms with Crippen molar-refractivity contribution in [2.45, 2.75) is 0 Å². The van der Waals surface area contributed by atoms with Crippen LogP contribution in [0.15, 0.2) is 18.2 Å². The fourth-order valence-electron chi connectivity index (χ4n) is 1.27. The fourth-order valence-corrected chi connectivity index (χ4v) is 2.22. The number of nitrogens with zero attached hydrogens (tertiary/aromatic N) is 2. The second kappa shape index (κ2) is 4.38. The zero-order valence-corrected chi connectivity index (χ0v) is 10.8. The largest absolute Gasteiger partial charge is 0.364 e. The maximum absolute atomic E-state index is 11.1. The summed E-state index contributed by atoms with van der Waals surface area (Å²) in [5.74, 6) is -0.640. The number of aromatic amines is 1. The molecule has 0 saturated carbocycles. The van der Waals surface area contributed by atoms with E-state index in [4.69, 9.17) is 17.3 Å². The van der Waals surface area contributed by atoms with Gasteiger partial charge in [-0.05, 0) is 34.7 Å². The summed E-state index contributed by atoms with van der Waals surface area (Å²) in [5.41, 5.74) is 6.26. The molecule has 1 aromatic heterocycles. The van der Waals surface area contributed by atoms with Crippen molar-refractivity contribution in [2.75, 3.05) is 0 Å². The van der Waals surface area contributed by atoms with Crippen molar-refractivity contribution >= 4 is 40.1 Å². The number of nitrogens with one attached hydrogen (secondary N) is 1. The molecule has 3 N–H and O–H groups in total. The van der Waals surface area contributed by atoms with E-state index in [-0.39, 0.29) is 5.69 Å². The number of hydrogen-bond donors (Lipinski definition) is 2. The van der Waals surface area contributed by atoms with Crippen LogP contribution in [0.2, 0.25) is 5.02 Å². The number of hydrogen-bond acceptors (Lipinski definition) is 3. The first-order chi connectivity index (χ1) is 7.59. The Bertz CT molecular complexity index is 554. The molecule has 82 valence electrons. The lowest BCUT2D eigenvalue weighted by molar-refractivity contribution is 0.0996. The van der Waals surface area contributed by atoms with Crippen LogP contribution in [0.3, 0.4) is 0 Å². The van der Waals surface area contributed by atoms with Gasteiger partial charge in [0.25, 0.3) is 5.91 Å². The molecule has 0 radical (unpaired) electrons. The molecular weight excluding hydrogens is 342 g/mol. The highest BCUT2D eigenvalue weighted by atomic mass is 127. The molecule has 16 heavy (non-hydrogen) atoms. The molecule has 0 aliphatic carbocycles. The van der Waals surface area contributed by atoms with Gasteiger partial charge in [-0.2, -0.15) is 15.4 Å². The number of carbonyl (C=O) groups is 1. The maximum Gasteiger partial charge on any atom is 0.271 e. The molecule has 1 heterocycles. The first kappa shape index (κ1) is 11.3. The lowest BCUT2D eigenvalue weighted by atomic mass is 10.1. The van der Waals surface area contributed by atoms with E-state index in [9.17, 15) is 4.79 Å². The number of H-pyrrole nitrogens is 1. The van der Waals surface area contributed by atoms with Crippen molar-refractivity contribution in [3.8, 4) is 11.3 Å². The normalized spacial score (nSPS) is 10.4. The molecule has 1 amide bonds. The van der Waals surface area contributed by atoms with Crippen LogP contribution in [0.1, 0.15) is 10.5 Å². The van der Waals surface area contributed by atoms with Gasteiger partial charge >= 0.3 is 0 Å². The molecule has 0 spiro atoms. The Morgan fingerprint density at radius 3 is 2.81 bits per heavy atom. The highest BCUT2D eigenvalue weighted by Crippen LogP contribution is 2.29. The Hall–Kier alpha value is -1.15. The number of primary amides is 1. The third-order valence-electron chi connectivity index (χ3n) is 1.97. The van der Waals surface area contributed by atoms with Crippen LogP contribution < -0.4 is 5.73 Å². The van der Waals surface area contributed by atoms with Crippen molar-refractivity contribution in [3.63, 3.8) is 0 Å². The molecule has 2 rings (SSSR count). The van der Waals surface area contributed by atoms with E-state index in [2.05, 4.69) is 38.0 Å². The summed E-state index contributed by atoms with van der Waals surface area (Å²) in [7, 11) is 0. The number of amides is 1. The average Bonchev–Trinajstić information content (AvgIpc) is 2.66. The minimum atomic E-state index is -0.640. The Kier molecular flexibility index (Phi) is 3.10. The summed E-state index contributed by atoms with van der Waals surface area (Å²) in [6.07, 6.45) is 0. The first-order valence-electron chi connectivity index (χ1n) is 4.25. The van der Waals surface area contributed by atoms with E-state index < -0.39 is 5.91 Å². The number of benzene rings is 1. The fraction of sp³-hybridized carbons (Fsp3) is 0. The third-order valence-corrected chi connectivity index (χ3v) is 2.95. The summed E-state index contributed by atoms with van der Waals surface area (Å²) in [4.78, 5) is 11.1. The van der Waals surface area contributed by atoms with Gasteiger partial charge in [0.05, 0.1) is 5.02 Å². The van der Waals surface area contributed by atoms with Crippen LogP contribution in [-0.4, -0.2) is 21.3 Å². The van der Waals surface area contributed by atoms with E-state index in [0.717, 1.165) is 3.57 Å². The summed E-state index contributed by atoms with van der Waals surface area (Å²) in [6.45, 7) is 0. The minimum absolute atomic E-state index is 0.0862. The smallest absolute Gasteiger partial charge is 0.271 e. The second-order valence-corrected chi connectivity index (χ2v) is 4.66. The zero-order chi connectivity index (χ0) is 11.7. The van der Waals surface area contributed by atoms with Crippen molar-refractivity contribution < 1.29 is 4.79 Å². The standard InChI is InChI=1S/C9H6ClIN4O/c10-6-3-4(11)1-2-5(6)7-8(9(12)16)14-15-13-7/h1-3H,(H2,12,16)(H,13,14,15). The van der Waals surface area contributed by atoms with Crippen molar-refractivity contribution in [1.29, 1.82) is 0 Å². The molecule has 5 nitrogen and oxygen atoms in total. The van der Waals surface area contributed by atoms with E-state index in [1.54, 1.807) is 12.1 Å². The molecule has 0 unspecified atom stereocenters. The van der Waals surface area contributed by atoms with Gasteiger partial charge in [-0.25, -0.2) is 0 Å². The van der Waals surface area contributed by atoms with E-state index in [1.807, 2.05) is 6.07 Å². The highest BCUT2D eigenvalue weighted by molar-refractivity contribution is 14.1. The Morgan fingerprint density at radius 2 is 2.19 bits per heavy atom. The molecule has 0 bridgehead atoms. The lowest BCUT2D eigenvalue weighted by Gasteiger charge is -2.01. The van der Waals surface area contributed by atoms with Gasteiger partial charge in [0.1, 0.15) is 5.69 Å². The zero-order valence-electron chi connectivity index (χ0n) is 7.87. The third kappa shape index (κ3) is 2.03. The predicted octanol–water partition coefficient (Wildman–Crippen LogP) is 1.83. The molecule has 0 atom stereocenters. The number of halogens is 2. The van der Waals surface area contributed by atoms with Gasteiger partial charge in [0.15, 0.2) is 5.69 Å². The van der Waals surface area contributed by atoms with Gasteiger partial charge < -0.3 is 5.73 Å². The van der Waals surface area contributed by atoms with Gasteiger partial charge in [-0.15, -0.1) is 0 Å². The lowest BCUT2D eigenvalue weighted by Crippen LogP contribution is -2.12. The van der Waals surface area contributed by atoms with Gasteiger partial charge in [-0.3, -0.25) is 4.79 Å². The first-order valence-corrected chi connectivity index (χ1v) is 5.71. The van der Waals surface area contributed by atoms with Crippen LogP contribution >= 0.6 is 34.2 Å². The molecule has 0 fully saturated rings. The quantitative estimate of drug-likeness (QED) is 0.812. The molecule has 2 aromatic rings. The summed E-state index contributed by atoms with van der Waals surface area (Å²) < 4.78 is 0.996. The number of nitrogens with two attached hydrogens (primary N) is 1. The van der Waals surface area contributed by atoms with Crippen LogP contribution in [-0.2, 0) is 0 Å². The van der Waals surface area contributed by atoms with Crippen molar-refractivity contribution in [3.05, 3.63) is 32.5 Å². The predicted molar refractivity (Wildman–Crippen MR) is 68.1 cm³/mol. The van der Waals surface area contributed by atoms with Crippen LogP contribution in [0, 0.1) is 3.57 Å². The number of carbonyl (C=O) groups excluding carboxylic acids is 1. The summed E-state index contributed by atoms with van der Waals surface area (Å²) >= 11 is 8.20. The van der Waals surface area contributed by atoms with Gasteiger partial charge in [0.2, 0.25) is 0 Å². The van der Waals surface area contributed by atoms with Gasteiger partial charge in [0, 0.05) is 9.13 Å². The monoisotopic (exact) mass is 348 g/mol. The Morgan fingerprint density at radius 1 is 1.44 bits per heavy atom. The van der Waals surface area contributed by atoms with Crippen LogP contribution in [0.25, 0.3) is 11.3 Å². The molecule has 1 aromatic carbocycles. The van der Waals surface area contributed by atoms with Crippen LogP contribution in [0.4, 0.5) is 0 Å². The minimum Gasteiger partial charge on any atom is -0.364 e. The summed E-state index contributed by atoms with van der Waals surface area (Å²) in [5, 5.41) is 10.4. The van der Waals surface area contributed by atoms with E-state index in [0.29, 0.717) is 16.3 Å². The summed E-state index contributed by atoms with van der Waals surface area (Å²) in [6, 6.07) is 5.41. The number of rotatable bonds is 2. The molecule has 7 heteroatoms. The topological polar surface area (TPSA) is 84.7 Å². The van der Waals surface area contributed by atoms with E-state index >= 15 is 0 Å². The number of aromatic nitrogens is 3. The average molecular weight is 349 g/mol. The van der Waals surface area contributed by atoms with E-state index in [1.165, 1.54) is 0 Å². The maximum atomic E-state index is 11.1. The van der Waals surface area contributed by atoms with Crippen LogP contribution in [0.5, 0.6) is 0 Å². The van der Waals surface area contributed by atoms with Crippen molar-refractivity contribution in [2.24, 2.45) is 5.73 Å². The second-order valence-electron chi connectivity index (χ2n) is 3.01. The van der Waals surface area contributed by atoms with Gasteiger partial charge in [-0.1, -0.05) is 17.7 Å². The molecular formula is C9H6ClIN4O. The van der Waals surface area contributed by atoms with Crippen molar-refractivity contribution in [1.82, 2.24) is 15.4 Å². The highest BCUT2D eigenvalue weighted by Gasteiger charge is 2.17. The Labute approximate surface area is 110 Å². The Balaban J connectivity index is 2.59. The SMILES string of the molecule is NC(=O)c1n[nH]nc1-c1ccc(I)cc1Cl. The molecule has 0 aliphatic heterocycles. The molecule has 0 aliphatic rings.